The summed E-state index contributed by atoms with van der Waals surface area (Å²) < 4.78 is 17.1. The number of urea groups is 1. The van der Waals surface area contributed by atoms with E-state index in [0.29, 0.717) is 19.7 Å². The molecule has 8 nitrogen and oxygen atoms in total. The lowest BCUT2D eigenvalue weighted by molar-refractivity contribution is -0.122. The van der Waals surface area contributed by atoms with Gasteiger partial charge in [-0.1, -0.05) is 0 Å². The van der Waals surface area contributed by atoms with Gasteiger partial charge in [0.25, 0.3) is 11.8 Å². The SMILES string of the molecule is COc1ccc(N2C(=O)NC(=O)/C(=C\c3cc(Br)c(I)o3)C2=O)c(OC)c1. The van der Waals surface area contributed by atoms with Crippen molar-refractivity contribution in [1.82, 2.24) is 5.32 Å². The Balaban J connectivity index is 2.05. The molecule has 1 aliphatic rings. The predicted molar refractivity (Wildman–Crippen MR) is 108 cm³/mol. The Morgan fingerprint density at radius 3 is 2.52 bits per heavy atom. The van der Waals surface area contributed by atoms with Crippen LogP contribution in [0, 0.1) is 3.77 Å². The normalized spacial score (nSPS) is 15.9. The third-order valence-corrected chi connectivity index (χ3v) is 5.81. The van der Waals surface area contributed by atoms with Crippen LogP contribution in [0.3, 0.4) is 0 Å². The molecular formula is C17H12BrIN2O6. The fourth-order valence-electron chi connectivity index (χ4n) is 2.42. The minimum absolute atomic E-state index is 0.175. The van der Waals surface area contributed by atoms with Crippen LogP contribution in [0.2, 0.25) is 0 Å². The Kier molecular flexibility index (Phi) is 5.56. The van der Waals surface area contributed by atoms with Crippen LogP contribution in [0.25, 0.3) is 6.08 Å². The fraction of sp³-hybridized carbons (Fsp3) is 0.118. The van der Waals surface area contributed by atoms with E-state index < -0.39 is 17.8 Å². The minimum atomic E-state index is -0.874. The smallest absolute Gasteiger partial charge is 0.336 e. The summed E-state index contributed by atoms with van der Waals surface area (Å²) in [6.45, 7) is 0. The quantitative estimate of drug-likeness (QED) is 0.359. The summed E-state index contributed by atoms with van der Waals surface area (Å²) in [6, 6.07) is 5.34. The van der Waals surface area contributed by atoms with Gasteiger partial charge in [0.15, 0.2) is 3.77 Å². The number of barbiturate groups is 1. The standard InChI is InChI=1S/C17H12BrIN2O6/c1-25-8-3-4-12(13(7-8)26-2)21-16(23)10(15(22)20-17(21)24)5-9-6-11(18)14(19)27-9/h3-7H,1-2H3,(H,20,22,24)/b10-5+. The van der Waals surface area contributed by atoms with Gasteiger partial charge in [-0.25, -0.2) is 9.69 Å². The van der Waals surface area contributed by atoms with E-state index in [-0.39, 0.29) is 17.0 Å². The van der Waals surface area contributed by atoms with Crippen LogP contribution >= 0.6 is 38.5 Å². The van der Waals surface area contributed by atoms with Gasteiger partial charge in [0.1, 0.15) is 22.8 Å². The number of nitrogens with zero attached hydrogens (tertiary/aromatic N) is 1. The highest BCUT2D eigenvalue weighted by molar-refractivity contribution is 14.1. The Bertz CT molecular complexity index is 964. The highest BCUT2D eigenvalue weighted by Crippen LogP contribution is 2.34. The van der Waals surface area contributed by atoms with Crippen molar-refractivity contribution in [3.8, 4) is 11.5 Å². The summed E-state index contributed by atoms with van der Waals surface area (Å²) in [4.78, 5) is 38.2. The molecule has 0 saturated carbocycles. The van der Waals surface area contributed by atoms with Gasteiger partial charge in [-0.05, 0) is 40.2 Å². The third-order valence-electron chi connectivity index (χ3n) is 3.68. The van der Waals surface area contributed by atoms with Gasteiger partial charge >= 0.3 is 6.03 Å². The average molecular weight is 547 g/mol. The maximum absolute atomic E-state index is 12.9. The van der Waals surface area contributed by atoms with Crippen molar-refractivity contribution in [3.63, 3.8) is 0 Å². The Labute approximate surface area is 175 Å². The molecule has 0 bridgehead atoms. The van der Waals surface area contributed by atoms with Crippen LogP contribution in [-0.2, 0) is 9.59 Å². The summed E-state index contributed by atoms with van der Waals surface area (Å²) >= 11 is 5.25. The number of rotatable bonds is 4. The van der Waals surface area contributed by atoms with Crippen LogP contribution in [0.1, 0.15) is 5.76 Å². The van der Waals surface area contributed by atoms with Crippen molar-refractivity contribution in [3.05, 3.63) is 43.8 Å². The number of imide groups is 2. The summed E-state index contributed by atoms with van der Waals surface area (Å²) in [5, 5.41) is 2.15. The molecule has 140 valence electrons. The molecule has 1 fully saturated rings. The molecule has 1 saturated heterocycles. The summed E-state index contributed by atoms with van der Waals surface area (Å²) in [7, 11) is 2.88. The van der Waals surface area contributed by atoms with Crippen molar-refractivity contribution in [2.24, 2.45) is 0 Å². The molecule has 0 aliphatic carbocycles. The maximum atomic E-state index is 12.9. The van der Waals surface area contributed by atoms with Gasteiger partial charge in [0.05, 0.1) is 24.4 Å². The predicted octanol–water partition coefficient (Wildman–Crippen LogP) is 3.33. The molecule has 0 atom stereocenters. The monoisotopic (exact) mass is 546 g/mol. The van der Waals surface area contributed by atoms with Crippen LogP contribution in [0.15, 0.2) is 38.7 Å². The number of halogens is 2. The molecule has 0 spiro atoms. The second-order valence-electron chi connectivity index (χ2n) is 5.27. The Morgan fingerprint density at radius 1 is 1.19 bits per heavy atom. The van der Waals surface area contributed by atoms with E-state index in [2.05, 4.69) is 21.2 Å². The maximum Gasteiger partial charge on any atom is 0.336 e. The first kappa shape index (κ1) is 19.4. The Hall–Kier alpha value is -2.34. The van der Waals surface area contributed by atoms with Crippen molar-refractivity contribution in [2.45, 2.75) is 0 Å². The second-order valence-corrected chi connectivity index (χ2v) is 7.10. The number of nitrogens with one attached hydrogen (secondary N) is 1. The summed E-state index contributed by atoms with van der Waals surface area (Å²) in [5.41, 5.74) is -0.0699. The largest absolute Gasteiger partial charge is 0.497 e. The van der Waals surface area contributed by atoms with Gasteiger partial charge in [-0.15, -0.1) is 0 Å². The molecule has 2 aromatic rings. The minimum Gasteiger partial charge on any atom is -0.497 e. The van der Waals surface area contributed by atoms with Gasteiger partial charge in [-0.2, -0.15) is 0 Å². The van der Waals surface area contributed by atoms with E-state index in [9.17, 15) is 14.4 Å². The third kappa shape index (κ3) is 3.72. The average Bonchev–Trinajstić information content (AvgIpc) is 2.96. The number of hydrogen-bond acceptors (Lipinski definition) is 6. The number of anilines is 1. The molecule has 0 radical (unpaired) electrons. The van der Waals surface area contributed by atoms with E-state index in [1.807, 2.05) is 22.6 Å². The zero-order chi connectivity index (χ0) is 19.7. The molecule has 4 amide bonds. The van der Waals surface area contributed by atoms with Gasteiger partial charge in [0.2, 0.25) is 0 Å². The zero-order valence-corrected chi connectivity index (χ0v) is 17.8. The highest BCUT2D eigenvalue weighted by atomic mass is 127. The number of hydrogen-bond donors (Lipinski definition) is 1. The molecule has 3 rings (SSSR count). The van der Waals surface area contributed by atoms with E-state index in [1.54, 1.807) is 12.1 Å². The van der Waals surface area contributed by atoms with E-state index in [1.165, 1.54) is 32.4 Å². The van der Waals surface area contributed by atoms with E-state index in [0.717, 1.165) is 4.90 Å². The number of carbonyl (C=O) groups excluding carboxylic acids is 3. The van der Waals surface area contributed by atoms with E-state index >= 15 is 0 Å². The first-order chi connectivity index (χ1) is 12.8. The molecule has 27 heavy (non-hydrogen) atoms. The van der Waals surface area contributed by atoms with Gasteiger partial charge in [0, 0.05) is 28.7 Å². The number of methoxy groups -OCH3 is 2. The molecule has 1 aromatic heterocycles. The van der Waals surface area contributed by atoms with E-state index in [4.69, 9.17) is 13.9 Å². The van der Waals surface area contributed by atoms with Crippen LogP contribution in [-0.4, -0.2) is 32.1 Å². The van der Waals surface area contributed by atoms with Crippen molar-refractivity contribution in [1.29, 1.82) is 0 Å². The number of ether oxygens (including phenoxy) is 2. The highest BCUT2D eigenvalue weighted by Gasteiger charge is 2.38. The molecule has 1 N–H and O–H groups in total. The lowest BCUT2D eigenvalue weighted by Crippen LogP contribution is -2.54. The summed E-state index contributed by atoms with van der Waals surface area (Å²) in [6.07, 6.45) is 1.28. The topological polar surface area (TPSA) is 98.1 Å². The van der Waals surface area contributed by atoms with Crippen LogP contribution in [0.5, 0.6) is 11.5 Å². The molecule has 1 aliphatic heterocycles. The lowest BCUT2D eigenvalue weighted by Gasteiger charge is -2.27. The number of benzene rings is 1. The Morgan fingerprint density at radius 2 is 1.93 bits per heavy atom. The zero-order valence-electron chi connectivity index (χ0n) is 14.0. The van der Waals surface area contributed by atoms with Gasteiger partial charge < -0.3 is 13.9 Å². The summed E-state index contributed by atoms with van der Waals surface area (Å²) in [5.74, 6) is -0.587. The van der Waals surface area contributed by atoms with Crippen LogP contribution < -0.4 is 19.7 Å². The molecule has 0 unspecified atom stereocenters. The fourth-order valence-corrected chi connectivity index (χ4v) is 3.14. The van der Waals surface area contributed by atoms with Crippen molar-refractivity contribution >= 4 is 68.1 Å². The van der Waals surface area contributed by atoms with Crippen molar-refractivity contribution < 1.29 is 28.3 Å². The van der Waals surface area contributed by atoms with Gasteiger partial charge in [-0.3, -0.25) is 14.9 Å². The number of amides is 4. The van der Waals surface area contributed by atoms with Crippen molar-refractivity contribution in [2.75, 3.05) is 19.1 Å². The molecule has 10 heteroatoms. The second kappa shape index (κ2) is 7.72. The molecule has 1 aromatic carbocycles. The molecule has 2 heterocycles. The first-order valence-corrected chi connectivity index (χ1v) is 9.31. The molecular weight excluding hydrogens is 535 g/mol. The number of carbonyl (C=O) groups is 3. The number of furan rings is 1. The first-order valence-electron chi connectivity index (χ1n) is 7.44. The lowest BCUT2D eigenvalue weighted by atomic mass is 10.1. The van der Waals surface area contributed by atoms with Crippen LogP contribution in [0.4, 0.5) is 10.5 Å².